The number of nitrogens with one attached hydrogen (secondary N) is 2. The Morgan fingerprint density at radius 1 is 1.36 bits per heavy atom. The second kappa shape index (κ2) is 7.72. The topological polar surface area (TPSA) is 54.0 Å². The summed E-state index contributed by atoms with van der Waals surface area (Å²) in [5.74, 6) is 0.241. The molecular weight excluding hydrogens is 318 g/mol. The lowest BCUT2D eigenvalue weighted by Crippen LogP contribution is -2.40. The summed E-state index contributed by atoms with van der Waals surface area (Å²) in [4.78, 5) is 16.6. The summed E-state index contributed by atoms with van der Waals surface area (Å²) in [5.41, 5.74) is 1.94. The Kier molecular flexibility index (Phi) is 5.94. The van der Waals surface area contributed by atoms with Crippen molar-refractivity contribution in [3.63, 3.8) is 0 Å². The Hall–Kier alpha value is -1.43. The maximum Gasteiger partial charge on any atom is 0.227 e. The van der Waals surface area contributed by atoms with Crippen molar-refractivity contribution in [1.82, 2.24) is 10.3 Å². The van der Waals surface area contributed by atoms with Gasteiger partial charge in [-0.1, -0.05) is 0 Å². The number of aromatic nitrogens is 1. The quantitative estimate of drug-likeness (QED) is 0.900. The fraction of sp³-hybridized carbons (Fsp3) is 0.375. The third-order valence-corrected chi connectivity index (χ3v) is 4.65. The van der Waals surface area contributed by atoms with E-state index in [2.05, 4.69) is 22.5 Å². The predicted octanol–water partition coefficient (Wildman–Crippen LogP) is 3.56. The Morgan fingerprint density at radius 2 is 2.14 bits per heavy atom. The van der Waals surface area contributed by atoms with E-state index in [1.165, 1.54) is 0 Å². The number of hydrogen-bond acceptors (Lipinski definition) is 4. The van der Waals surface area contributed by atoms with Gasteiger partial charge in [0.25, 0.3) is 0 Å². The zero-order valence-corrected chi connectivity index (χ0v) is 14.0. The molecule has 118 valence electrons. The lowest BCUT2D eigenvalue weighted by molar-refractivity contribution is -0.120. The van der Waals surface area contributed by atoms with Crippen LogP contribution >= 0.6 is 23.7 Å². The number of halogens is 1. The minimum Gasteiger partial charge on any atom is -0.326 e. The second-order valence-corrected chi connectivity index (χ2v) is 6.37. The molecule has 4 nitrogen and oxygen atoms in total. The molecule has 1 amide bonds. The monoisotopic (exact) mass is 337 g/mol. The summed E-state index contributed by atoms with van der Waals surface area (Å²) in [7, 11) is 0. The van der Waals surface area contributed by atoms with Crippen molar-refractivity contribution in [2.75, 3.05) is 11.9 Å². The molecule has 1 aromatic carbocycles. The first-order valence-electron chi connectivity index (χ1n) is 7.26. The van der Waals surface area contributed by atoms with Crippen molar-refractivity contribution in [3.8, 4) is 10.6 Å². The van der Waals surface area contributed by atoms with Gasteiger partial charge in [0.05, 0.1) is 0 Å². The molecule has 22 heavy (non-hydrogen) atoms. The zero-order valence-electron chi connectivity index (χ0n) is 12.4. The number of rotatable bonds is 3. The van der Waals surface area contributed by atoms with Crippen LogP contribution in [0.5, 0.6) is 0 Å². The summed E-state index contributed by atoms with van der Waals surface area (Å²) >= 11 is 1.61. The Balaban J connectivity index is 0.00000176. The van der Waals surface area contributed by atoms with Crippen LogP contribution in [-0.2, 0) is 4.79 Å². The van der Waals surface area contributed by atoms with E-state index in [0.717, 1.165) is 35.6 Å². The van der Waals surface area contributed by atoms with Crippen molar-refractivity contribution in [2.24, 2.45) is 5.92 Å². The molecule has 2 atom stereocenters. The highest BCUT2D eigenvalue weighted by atomic mass is 35.5. The molecule has 1 aliphatic heterocycles. The molecule has 1 saturated heterocycles. The molecule has 0 saturated carbocycles. The average molecular weight is 338 g/mol. The lowest BCUT2D eigenvalue weighted by Gasteiger charge is -2.27. The molecular formula is C16H20ClN3OS. The van der Waals surface area contributed by atoms with Gasteiger partial charge in [0, 0.05) is 34.8 Å². The van der Waals surface area contributed by atoms with Crippen LogP contribution in [0.3, 0.4) is 0 Å². The molecule has 0 spiro atoms. The van der Waals surface area contributed by atoms with Gasteiger partial charge < -0.3 is 10.6 Å². The van der Waals surface area contributed by atoms with Gasteiger partial charge in [-0.15, -0.1) is 23.7 Å². The second-order valence-electron chi connectivity index (χ2n) is 5.48. The van der Waals surface area contributed by atoms with Crippen molar-refractivity contribution >= 4 is 35.3 Å². The lowest BCUT2D eigenvalue weighted by atomic mass is 9.92. The first kappa shape index (κ1) is 16.9. The molecule has 2 aromatic rings. The fourth-order valence-corrected chi connectivity index (χ4v) is 3.32. The van der Waals surface area contributed by atoms with E-state index in [1.54, 1.807) is 17.5 Å². The summed E-state index contributed by atoms with van der Waals surface area (Å²) < 4.78 is 0. The molecule has 3 rings (SSSR count). The smallest absolute Gasteiger partial charge is 0.227 e. The SMILES string of the molecule is C[C@H]1C[C@@H](C(=O)Nc2ccc(-c3nccs3)cc2)CCN1.Cl. The molecule has 6 heteroatoms. The van der Waals surface area contributed by atoms with Crippen molar-refractivity contribution in [2.45, 2.75) is 25.8 Å². The van der Waals surface area contributed by atoms with E-state index in [-0.39, 0.29) is 24.2 Å². The first-order chi connectivity index (χ1) is 10.2. The van der Waals surface area contributed by atoms with Gasteiger partial charge in [0.1, 0.15) is 5.01 Å². The average Bonchev–Trinajstić information content (AvgIpc) is 3.02. The maximum absolute atomic E-state index is 12.3. The number of hydrogen-bond donors (Lipinski definition) is 2. The molecule has 0 radical (unpaired) electrons. The largest absolute Gasteiger partial charge is 0.326 e. The van der Waals surface area contributed by atoms with Crippen LogP contribution in [0, 0.1) is 5.92 Å². The Morgan fingerprint density at radius 3 is 2.77 bits per heavy atom. The van der Waals surface area contributed by atoms with Crippen LogP contribution in [0.25, 0.3) is 10.6 Å². The third kappa shape index (κ3) is 4.06. The number of piperidine rings is 1. The molecule has 0 aliphatic carbocycles. The van der Waals surface area contributed by atoms with E-state index < -0.39 is 0 Å². The Bertz CT molecular complexity index is 600. The van der Waals surface area contributed by atoms with Crippen LogP contribution in [-0.4, -0.2) is 23.5 Å². The van der Waals surface area contributed by atoms with Gasteiger partial charge in [0.2, 0.25) is 5.91 Å². The number of benzene rings is 1. The van der Waals surface area contributed by atoms with E-state index in [0.29, 0.717) is 6.04 Å². The van der Waals surface area contributed by atoms with Crippen LogP contribution in [0.2, 0.25) is 0 Å². The van der Waals surface area contributed by atoms with Crippen molar-refractivity contribution in [1.29, 1.82) is 0 Å². The van der Waals surface area contributed by atoms with Crippen LogP contribution < -0.4 is 10.6 Å². The molecule has 1 fully saturated rings. The van der Waals surface area contributed by atoms with E-state index in [9.17, 15) is 4.79 Å². The van der Waals surface area contributed by atoms with Crippen molar-refractivity contribution in [3.05, 3.63) is 35.8 Å². The summed E-state index contributed by atoms with van der Waals surface area (Å²) in [6.07, 6.45) is 3.62. The number of nitrogens with zero attached hydrogens (tertiary/aromatic N) is 1. The van der Waals surface area contributed by atoms with Crippen LogP contribution in [0.15, 0.2) is 35.8 Å². The highest BCUT2D eigenvalue weighted by Crippen LogP contribution is 2.24. The molecule has 2 N–H and O–H groups in total. The third-order valence-electron chi connectivity index (χ3n) is 3.83. The molecule has 0 bridgehead atoms. The summed E-state index contributed by atoms with van der Waals surface area (Å²) in [5, 5.41) is 9.35. The summed E-state index contributed by atoms with van der Waals surface area (Å²) in [6, 6.07) is 8.30. The normalized spacial score (nSPS) is 21.0. The number of anilines is 1. The molecule has 0 unspecified atom stereocenters. The van der Waals surface area contributed by atoms with Gasteiger partial charge in [-0.05, 0) is 50.6 Å². The van der Waals surface area contributed by atoms with Crippen molar-refractivity contribution < 1.29 is 4.79 Å². The van der Waals surface area contributed by atoms with Gasteiger partial charge in [-0.25, -0.2) is 4.98 Å². The first-order valence-corrected chi connectivity index (χ1v) is 8.14. The minimum absolute atomic E-state index is 0. The minimum atomic E-state index is 0. The number of thiazole rings is 1. The highest BCUT2D eigenvalue weighted by molar-refractivity contribution is 7.13. The zero-order chi connectivity index (χ0) is 14.7. The fourth-order valence-electron chi connectivity index (χ4n) is 2.68. The number of amides is 1. The van der Waals surface area contributed by atoms with Gasteiger partial charge in [0.15, 0.2) is 0 Å². The van der Waals surface area contributed by atoms with Crippen LogP contribution in [0.4, 0.5) is 5.69 Å². The highest BCUT2D eigenvalue weighted by Gasteiger charge is 2.24. The standard InChI is InChI=1S/C16H19N3OS.ClH/c1-11-10-13(6-7-17-11)15(20)19-14-4-2-12(3-5-14)16-18-8-9-21-16;/h2-5,8-9,11,13,17H,6-7,10H2,1H3,(H,19,20);1H/t11-,13-;/m0./s1. The van der Waals surface area contributed by atoms with Gasteiger partial charge in [-0.3, -0.25) is 4.79 Å². The van der Waals surface area contributed by atoms with E-state index in [4.69, 9.17) is 0 Å². The number of carbonyl (C=O) groups excluding carboxylic acids is 1. The molecule has 1 aromatic heterocycles. The maximum atomic E-state index is 12.3. The van der Waals surface area contributed by atoms with Gasteiger partial charge in [-0.2, -0.15) is 0 Å². The summed E-state index contributed by atoms with van der Waals surface area (Å²) in [6.45, 7) is 3.05. The number of carbonyl (C=O) groups is 1. The van der Waals surface area contributed by atoms with E-state index >= 15 is 0 Å². The predicted molar refractivity (Wildman–Crippen MR) is 93.6 cm³/mol. The molecule has 2 heterocycles. The van der Waals surface area contributed by atoms with E-state index in [1.807, 2.05) is 29.6 Å². The van der Waals surface area contributed by atoms with Gasteiger partial charge >= 0.3 is 0 Å². The van der Waals surface area contributed by atoms with Crippen LogP contribution in [0.1, 0.15) is 19.8 Å². The molecule has 1 aliphatic rings. The Labute approximate surface area is 140 Å².